The molecule has 2 rings (SSSR count). The number of alkyl halides is 1. The Balaban J connectivity index is 2.55. The highest BCUT2D eigenvalue weighted by molar-refractivity contribution is 9.10. The third-order valence-electron chi connectivity index (χ3n) is 2.29. The van der Waals surface area contributed by atoms with Crippen LogP contribution in [-0.4, -0.2) is 17.7 Å². The Morgan fingerprint density at radius 3 is 3.00 bits per heavy atom. The highest BCUT2D eigenvalue weighted by Crippen LogP contribution is 2.33. The van der Waals surface area contributed by atoms with Crippen molar-refractivity contribution >= 4 is 21.7 Å². The van der Waals surface area contributed by atoms with Crippen LogP contribution >= 0.6 is 15.9 Å². The standard InChI is InChI=1S/C10H9BrO2/c1-13-9-4-2-3-6-7(9)5-8(11)10(6)12/h2-4,8H,5H2,1H3. The number of hydrogen-bond donors (Lipinski definition) is 0. The first-order chi connectivity index (χ1) is 6.24. The molecule has 1 atom stereocenters. The number of fused-ring (bicyclic) bond motifs is 1. The fraction of sp³-hybridized carbons (Fsp3) is 0.300. The zero-order valence-corrected chi connectivity index (χ0v) is 8.80. The molecule has 0 spiro atoms. The minimum atomic E-state index is -0.0706. The average Bonchev–Trinajstić information content (AvgIpc) is 2.43. The second-order valence-corrected chi connectivity index (χ2v) is 4.13. The maximum atomic E-state index is 11.6. The largest absolute Gasteiger partial charge is 0.496 e. The van der Waals surface area contributed by atoms with Gasteiger partial charge in [0, 0.05) is 11.1 Å². The number of ether oxygens (including phenoxy) is 1. The minimum Gasteiger partial charge on any atom is -0.496 e. The van der Waals surface area contributed by atoms with E-state index in [2.05, 4.69) is 15.9 Å². The smallest absolute Gasteiger partial charge is 0.177 e. The molecule has 0 saturated heterocycles. The van der Waals surface area contributed by atoms with Gasteiger partial charge in [0.25, 0.3) is 0 Å². The van der Waals surface area contributed by atoms with Gasteiger partial charge in [0.1, 0.15) is 5.75 Å². The van der Waals surface area contributed by atoms with E-state index < -0.39 is 0 Å². The second-order valence-electron chi connectivity index (χ2n) is 3.02. The SMILES string of the molecule is COc1cccc2c1CC(Br)C2=O. The van der Waals surface area contributed by atoms with Gasteiger partial charge < -0.3 is 4.74 Å². The van der Waals surface area contributed by atoms with Crippen LogP contribution in [0.15, 0.2) is 18.2 Å². The lowest BCUT2D eigenvalue weighted by Gasteiger charge is -2.04. The summed E-state index contributed by atoms with van der Waals surface area (Å²) in [6.07, 6.45) is 0.734. The van der Waals surface area contributed by atoms with Crippen LogP contribution in [0.25, 0.3) is 0 Å². The molecule has 68 valence electrons. The summed E-state index contributed by atoms with van der Waals surface area (Å²) in [4.78, 5) is 11.5. The number of rotatable bonds is 1. The van der Waals surface area contributed by atoms with E-state index in [1.54, 1.807) is 7.11 Å². The lowest BCUT2D eigenvalue weighted by Crippen LogP contribution is -2.05. The molecule has 13 heavy (non-hydrogen) atoms. The predicted molar refractivity (Wildman–Crippen MR) is 53.7 cm³/mol. The van der Waals surface area contributed by atoms with Crippen LogP contribution in [0.2, 0.25) is 0 Å². The fourth-order valence-electron chi connectivity index (χ4n) is 1.64. The Bertz CT molecular complexity index is 360. The van der Waals surface area contributed by atoms with Crippen LogP contribution in [0, 0.1) is 0 Å². The zero-order valence-electron chi connectivity index (χ0n) is 7.21. The second kappa shape index (κ2) is 3.14. The monoisotopic (exact) mass is 240 g/mol. The molecule has 0 fully saturated rings. The van der Waals surface area contributed by atoms with E-state index >= 15 is 0 Å². The van der Waals surface area contributed by atoms with Crippen molar-refractivity contribution in [2.24, 2.45) is 0 Å². The number of methoxy groups -OCH3 is 1. The zero-order chi connectivity index (χ0) is 9.42. The Morgan fingerprint density at radius 2 is 2.31 bits per heavy atom. The van der Waals surface area contributed by atoms with Crippen molar-refractivity contribution in [1.82, 2.24) is 0 Å². The van der Waals surface area contributed by atoms with Gasteiger partial charge in [-0.2, -0.15) is 0 Å². The molecular weight excluding hydrogens is 232 g/mol. The molecule has 2 nitrogen and oxygen atoms in total. The number of ketones is 1. The molecular formula is C10H9BrO2. The molecule has 0 N–H and O–H groups in total. The summed E-state index contributed by atoms with van der Waals surface area (Å²) in [6, 6.07) is 5.58. The number of carbonyl (C=O) groups is 1. The Kier molecular flexibility index (Phi) is 2.12. The summed E-state index contributed by atoms with van der Waals surface area (Å²) in [5.41, 5.74) is 1.82. The van der Waals surface area contributed by atoms with Gasteiger partial charge in [0.15, 0.2) is 5.78 Å². The van der Waals surface area contributed by atoms with E-state index in [1.165, 1.54) is 0 Å². The average molecular weight is 241 g/mol. The van der Waals surface area contributed by atoms with Gasteiger partial charge in [0.05, 0.1) is 11.9 Å². The summed E-state index contributed by atoms with van der Waals surface area (Å²) in [7, 11) is 1.63. The van der Waals surface area contributed by atoms with Crippen LogP contribution in [0.3, 0.4) is 0 Å². The molecule has 1 unspecified atom stereocenters. The number of carbonyl (C=O) groups excluding carboxylic acids is 1. The van der Waals surface area contributed by atoms with E-state index in [0.717, 1.165) is 23.3 Å². The summed E-state index contributed by atoms with van der Waals surface area (Å²) >= 11 is 3.34. The predicted octanol–water partition coefficient (Wildman–Crippen LogP) is 2.20. The molecule has 0 aliphatic heterocycles. The summed E-state index contributed by atoms with van der Waals surface area (Å²) in [5, 5.41) is 0. The van der Waals surface area contributed by atoms with Crippen LogP contribution < -0.4 is 4.74 Å². The van der Waals surface area contributed by atoms with Gasteiger partial charge in [-0.15, -0.1) is 0 Å². The van der Waals surface area contributed by atoms with Gasteiger partial charge in [-0.05, 0) is 12.5 Å². The van der Waals surface area contributed by atoms with Crippen molar-refractivity contribution < 1.29 is 9.53 Å². The molecule has 1 aromatic carbocycles. The van der Waals surface area contributed by atoms with E-state index in [1.807, 2.05) is 18.2 Å². The van der Waals surface area contributed by atoms with Gasteiger partial charge in [-0.1, -0.05) is 28.1 Å². The van der Waals surface area contributed by atoms with Crippen molar-refractivity contribution in [3.63, 3.8) is 0 Å². The lowest BCUT2D eigenvalue weighted by molar-refractivity contribution is 0.100. The number of halogens is 1. The van der Waals surface area contributed by atoms with E-state index in [0.29, 0.717) is 0 Å². The Labute approximate surface area is 85.0 Å². The number of Topliss-reactive ketones (excluding diaryl/α,β-unsaturated/α-hetero) is 1. The molecule has 1 aliphatic rings. The Hall–Kier alpha value is -0.830. The molecule has 0 aromatic heterocycles. The summed E-state index contributed by atoms with van der Waals surface area (Å²) in [6.45, 7) is 0. The summed E-state index contributed by atoms with van der Waals surface area (Å²) < 4.78 is 5.18. The van der Waals surface area contributed by atoms with Crippen LogP contribution in [0.5, 0.6) is 5.75 Å². The van der Waals surface area contributed by atoms with Crippen LogP contribution in [0.4, 0.5) is 0 Å². The first-order valence-electron chi connectivity index (χ1n) is 4.08. The van der Waals surface area contributed by atoms with Crippen LogP contribution in [-0.2, 0) is 6.42 Å². The van der Waals surface area contributed by atoms with E-state index in [4.69, 9.17) is 4.74 Å². The first kappa shape index (κ1) is 8.75. The van der Waals surface area contributed by atoms with Gasteiger partial charge in [-0.25, -0.2) is 0 Å². The maximum Gasteiger partial charge on any atom is 0.177 e. The molecule has 3 heteroatoms. The van der Waals surface area contributed by atoms with E-state index in [9.17, 15) is 4.79 Å². The number of hydrogen-bond acceptors (Lipinski definition) is 2. The van der Waals surface area contributed by atoms with Crippen molar-refractivity contribution in [2.45, 2.75) is 11.2 Å². The molecule has 0 saturated carbocycles. The molecule has 1 aliphatic carbocycles. The van der Waals surface area contributed by atoms with Crippen LogP contribution in [0.1, 0.15) is 15.9 Å². The lowest BCUT2D eigenvalue weighted by atomic mass is 10.1. The topological polar surface area (TPSA) is 26.3 Å². The third-order valence-corrected chi connectivity index (χ3v) is 3.03. The molecule has 0 heterocycles. The fourth-order valence-corrected chi connectivity index (χ4v) is 2.21. The quantitative estimate of drug-likeness (QED) is 0.704. The van der Waals surface area contributed by atoms with Crippen molar-refractivity contribution in [3.8, 4) is 5.75 Å². The molecule has 0 amide bonds. The maximum absolute atomic E-state index is 11.6. The van der Waals surface area contributed by atoms with Crippen molar-refractivity contribution in [1.29, 1.82) is 0 Å². The first-order valence-corrected chi connectivity index (χ1v) is 4.99. The third kappa shape index (κ3) is 1.27. The van der Waals surface area contributed by atoms with E-state index in [-0.39, 0.29) is 10.6 Å². The highest BCUT2D eigenvalue weighted by Gasteiger charge is 2.30. The Morgan fingerprint density at radius 1 is 1.54 bits per heavy atom. The molecule has 0 bridgehead atoms. The number of benzene rings is 1. The normalized spacial score (nSPS) is 20.2. The highest BCUT2D eigenvalue weighted by atomic mass is 79.9. The van der Waals surface area contributed by atoms with Gasteiger partial charge in [-0.3, -0.25) is 4.79 Å². The van der Waals surface area contributed by atoms with Crippen molar-refractivity contribution in [2.75, 3.05) is 7.11 Å². The molecule has 0 radical (unpaired) electrons. The molecule has 1 aromatic rings. The summed E-state index contributed by atoms with van der Waals surface area (Å²) in [5.74, 6) is 0.974. The van der Waals surface area contributed by atoms with Gasteiger partial charge >= 0.3 is 0 Å². The van der Waals surface area contributed by atoms with Crippen molar-refractivity contribution in [3.05, 3.63) is 29.3 Å². The van der Waals surface area contributed by atoms with Gasteiger partial charge in [0.2, 0.25) is 0 Å². The minimum absolute atomic E-state index is 0.0706.